The summed E-state index contributed by atoms with van der Waals surface area (Å²) >= 11 is 0. The molecular formula is C10H16F3N5. The summed E-state index contributed by atoms with van der Waals surface area (Å²) < 4.78 is 36.6. The van der Waals surface area contributed by atoms with E-state index >= 15 is 0 Å². The SMILES string of the molecule is CC1C(N)CCCN1c1n[nH]c(CC(F)(F)F)n1. The Balaban J connectivity index is 2.09. The minimum atomic E-state index is -4.28. The van der Waals surface area contributed by atoms with Crippen LogP contribution in [0.4, 0.5) is 19.1 Å². The lowest BCUT2D eigenvalue weighted by atomic mass is 9.99. The molecule has 2 rings (SSSR count). The van der Waals surface area contributed by atoms with Crippen molar-refractivity contribution in [3.05, 3.63) is 5.82 Å². The van der Waals surface area contributed by atoms with Gasteiger partial charge in [0.25, 0.3) is 0 Å². The van der Waals surface area contributed by atoms with Crippen molar-refractivity contribution in [2.24, 2.45) is 5.73 Å². The predicted molar refractivity (Wildman–Crippen MR) is 60.2 cm³/mol. The maximum absolute atomic E-state index is 12.2. The molecule has 8 heteroatoms. The van der Waals surface area contributed by atoms with Gasteiger partial charge in [-0.15, -0.1) is 5.10 Å². The molecule has 1 aromatic heterocycles. The lowest BCUT2D eigenvalue weighted by Crippen LogP contribution is -2.51. The number of hydrogen-bond acceptors (Lipinski definition) is 4. The number of aromatic amines is 1. The van der Waals surface area contributed by atoms with Crippen LogP contribution in [0.15, 0.2) is 0 Å². The maximum Gasteiger partial charge on any atom is 0.396 e. The number of nitrogens with two attached hydrogens (primary N) is 1. The van der Waals surface area contributed by atoms with E-state index in [1.54, 1.807) is 0 Å². The first kappa shape index (κ1) is 13.1. The fraction of sp³-hybridized carbons (Fsp3) is 0.800. The fourth-order valence-electron chi connectivity index (χ4n) is 2.14. The van der Waals surface area contributed by atoms with E-state index < -0.39 is 12.6 Å². The van der Waals surface area contributed by atoms with Crippen LogP contribution in [-0.2, 0) is 6.42 Å². The smallest absolute Gasteiger partial charge is 0.335 e. The summed E-state index contributed by atoms with van der Waals surface area (Å²) in [6, 6.07) is 0.0385. The summed E-state index contributed by atoms with van der Waals surface area (Å²) in [5.41, 5.74) is 5.93. The van der Waals surface area contributed by atoms with Gasteiger partial charge in [0.2, 0.25) is 5.95 Å². The van der Waals surface area contributed by atoms with E-state index in [2.05, 4.69) is 15.2 Å². The molecule has 2 atom stereocenters. The predicted octanol–water partition coefficient (Wildman–Crippen LogP) is 1.23. The highest BCUT2D eigenvalue weighted by atomic mass is 19.4. The van der Waals surface area contributed by atoms with Crippen LogP contribution < -0.4 is 10.6 Å². The second-order valence-corrected chi connectivity index (χ2v) is 4.61. The summed E-state index contributed by atoms with van der Waals surface area (Å²) in [5.74, 6) is 0.140. The Labute approximate surface area is 103 Å². The van der Waals surface area contributed by atoms with Gasteiger partial charge in [-0.2, -0.15) is 18.2 Å². The molecule has 18 heavy (non-hydrogen) atoms. The van der Waals surface area contributed by atoms with Crippen molar-refractivity contribution in [2.45, 2.75) is 44.4 Å². The van der Waals surface area contributed by atoms with Crippen molar-refractivity contribution < 1.29 is 13.2 Å². The monoisotopic (exact) mass is 263 g/mol. The van der Waals surface area contributed by atoms with Gasteiger partial charge in [-0.25, -0.2) is 0 Å². The molecule has 2 heterocycles. The Hall–Kier alpha value is -1.31. The van der Waals surface area contributed by atoms with Gasteiger partial charge in [0, 0.05) is 18.6 Å². The molecule has 3 N–H and O–H groups in total. The first-order valence-corrected chi connectivity index (χ1v) is 5.87. The Bertz CT molecular complexity index is 402. The van der Waals surface area contributed by atoms with Gasteiger partial charge < -0.3 is 10.6 Å². The van der Waals surface area contributed by atoms with Crippen LogP contribution in [-0.4, -0.2) is 40.0 Å². The highest BCUT2D eigenvalue weighted by molar-refractivity contribution is 5.32. The molecule has 0 spiro atoms. The first-order valence-electron chi connectivity index (χ1n) is 5.87. The molecular weight excluding hydrogens is 247 g/mol. The zero-order chi connectivity index (χ0) is 13.3. The quantitative estimate of drug-likeness (QED) is 0.841. The number of aromatic nitrogens is 3. The average Bonchev–Trinajstić information content (AvgIpc) is 2.68. The van der Waals surface area contributed by atoms with Crippen LogP contribution in [0.5, 0.6) is 0 Å². The van der Waals surface area contributed by atoms with Gasteiger partial charge in [-0.3, -0.25) is 5.10 Å². The van der Waals surface area contributed by atoms with E-state index in [-0.39, 0.29) is 17.9 Å². The van der Waals surface area contributed by atoms with Gasteiger partial charge in [0.15, 0.2) is 0 Å². The summed E-state index contributed by atoms with van der Waals surface area (Å²) in [5, 5.41) is 6.17. The fourth-order valence-corrected chi connectivity index (χ4v) is 2.14. The zero-order valence-electron chi connectivity index (χ0n) is 10.0. The largest absolute Gasteiger partial charge is 0.396 e. The van der Waals surface area contributed by atoms with Crippen molar-refractivity contribution >= 4 is 5.95 Å². The number of hydrogen-bond donors (Lipinski definition) is 2. The highest BCUT2D eigenvalue weighted by Crippen LogP contribution is 2.23. The molecule has 0 radical (unpaired) electrons. The number of rotatable bonds is 2. The van der Waals surface area contributed by atoms with E-state index in [0.717, 1.165) is 19.4 Å². The molecule has 102 valence electrons. The van der Waals surface area contributed by atoms with Crippen molar-refractivity contribution in [3.8, 4) is 0 Å². The molecule has 2 unspecified atom stereocenters. The van der Waals surface area contributed by atoms with Crippen LogP contribution in [0.3, 0.4) is 0 Å². The Morgan fingerprint density at radius 1 is 1.50 bits per heavy atom. The summed E-state index contributed by atoms with van der Waals surface area (Å²) in [7, 11) is 0. The number of anilines is 1. The minimum Gasteiger partial charge on any atom is -0.335 e. The molecule has 1 aromatic rings. The number of piperidine rings is 1. The van der Waals surface area contributed by atoms with Crippen molar-refractivity contribution in [2.75, 3.05) is 11.4 Å². The van der Waals surface area contributed by atoms with Crippen LogP contribution in [0.2, 0.25) is 0 Å². The molecule has 0 amide bonds. The standard InChI is InChI=1S/C10H16F3N5/c1-6-7(14)3-2-4-18(6)9-15-8(16-17-9)5-10(11,12)13/h6-7H,2-5,14H2,1H3,(H,15,16,17). The van der Waals surface area contributed by atoms with Gasteiger partial charge in [-0.05, 0) is 19.8 Å². The van der Waals surface area contributed by atoms with Gasteiger partial charge in [0.1, 0.15) is 12.2 Å². The van der Waals surface area contributed by atoms with Gasteiger partial charge in [0.05, 0.1) is 0 Å². The summed E-state index contributed by atoms with van der Waals surface area (Å²) in [4.78, 5) is 5.74. The highest BCUT2D eigenvalue weighted by Gasteiger charge is 2.31. The minimum absolute atomic E-state index is 0.00307. The molecule has 1 fully saturated rings. The Kier molecular flexibility index (Phi) is 3.47. The number of alkyl halides is 3. The number of nitrogens with zero attached hydrogens (tertiary/aromatic N) is 3. The molecule has 1 saturated heterocycles. The van der Waals surface area contributed by atoms with Crippen LogP contribution in [0.25, 0.3) is 0 Å². The van der Waals surface area contributed by atoms with Gasteiger partial charge in [-0.1, -0.05) is 0 Å². The zero-order valence-corrected chi connectivity index (χ0v) is 10.0. The lowest BCUT2D eigenvalue weighted by Gasteiger charge is -2.36. The van der Waals surface area contributed by atoms with E-state index in [0.29, 0.717) is 5.95 Å². The lowest BCUT2D eigenvalue weighted by molar-refractivity contribution is -0.128. The number of nitrogens with one attached hydrogen (secondary N) is 1. The molecule has 0 bridgehead atoms. The third kappa shape index (κ3) is 2.92. The normalized spacial score (nSPS) is 25.5. The third-order valence-corrected chi connectivity index (χ3v) is 3.19. The maximum atomic E-state index is 12.2. The van der Waals surface area contributed by atoms with Gasteiger partial charge >= 0.3 is 6.18 Å². The summed E-state index contributed by atoms with van der Waals surface area (Å²) in [6.45, 7) is 2.65. The van der Waals surface area contributed by atoms with E-state index in [1.807, 2.05) is 11.8 Å². The van der Waals surface area contributed by atoms with Crippen LogP contribution >= 0.6 is 0 Å². The van der Waals surface area contributed by atoms with Crippen LogP contribution in [0.1, 0.15) is 25.6 Å². The van der Waals surface area contributed by atoms with E-state index in [9.17, 15) is 13.2 Å². The molecule has 0 saturated carbocycles. The third-order valence-electron chi connectivity index (χ3n) is 3.19. The Morgan fingerprint density at radius 3 is 2.89 bits per heavy atom. The Morgan fingerprint density at radius 2 is 2.22 bits per heavy atom. The molecule has 1 aliphatic heterocycles. The molecule has 0 aromatic carbocycles. The second kappa shape index (κ2) is 4.75. The van der Waals surface area contributed by atoms with Crippen molar-refractivity contribution in [1.29, 1.82) is 0 Å². The van der Waals surface area contributed by atoms with Crippen molar-refractivity contribution in [3.63, 3.8) is 0 Å². The molecule has 0 aliphatic carbocycles. The van der Waals surface area contributed by atoms with E-state index in [4.69, 9.17) is 5.73 Å². The molecule has 5 nitrogen and oxygen atoms in total. The van der Waals surface area contributed by atoms with Crippen LogP contribution in [0, 0.1) is 0 Å². The summed E-state index contributed by atoms with van der Waals surface area (Å²) in [6.07, 6.45) is -3.55. The average molecular weight is 263 g/mol. The first-order chi connectivity index (χ1) is 8.37. The topological polar surface area (TPSA) is 70.8 Å². The number of halogens is 3. The van der Waals surface area contributed by atoms with E-state index in [1.165, 1.54) is 0 Å². The second-order valence-electron chi connectivity index (χ2n) is 4.61. The van der Waals surface area contributed by atoms with Crippen molar-refractivity contribution in [1.82, 2.24) is 15.2 Å². The molecule has 1 aliphatic rings. The number of H-pyrrole nitrogens is 1.